The monoisotopic (exact) mass is 523 g/mol. The number of fused-ring (bicyclic) bond motifs is 3. The Morgan fingerprint density at radius 2 is 1.74 bits per heavy atom. The molecule has 2 heterocycles. The van der Waals surface area contributed by atoms with Crippen LogP contribution in [0.3, 0.4) is 0 Å². The normalized spacial score (nSPS) is 23.8. The third kappa shape index (κ3) is 4.20. The van der Waals surface area contributed by atoms with Gasteiger partial charge in [0.2, 0.25) is 0 Å². The van der Waals surface area contributed by atoms with Crippen LogP contribution in [0.2, 0.25) is 0 Å². The van der Waals surface area contributed by atoms with E-state index in [0.717, 1.165) is 57.3 Å². The van der Waals surface area contributed by atoms with Crippen molar-refractivity contribution in [3.8, 4) is 28.4 Å². The molecule has 5 nitrogen and oxygen atoms in total. The van der Waals surface area contributed by atoms with Gasteiger partial charge in [0.25, 0.3) is 0 Å². The second-order valence-corrected chi connectivity index (χ2v) is 12.0. The van der Waals surface area contributed by atoms with Gasteiger partial charge in [0.1, 0.15) is 11.4 Å². The minimum atomic E-state index is -0.399. The maximum Gasteiger partial charge on any atom is 0.164 e. The number of rotatable bonds is 4. The van der Waals surface area contributed by atoms with Gasteiger partial charge in [0, 0.05) is 30.1 Å². The summed E-state index contributed by atoms with van der Waals surface area (Å²) in [5, 5.41) is 22.8. The van der Waals surface area contributed by atoms with Gasteiger partial charge < -0.3 is 24.3 Å². The fourth-order valence-corrected chi connectivity index (χ4v) is 6.89. The number of nitrogens with zero attached hydrogens (tertiary/aromatic N) is 1. The Morgan fingerprint density at radius 1 is 1.03 bits per heavy atom. The molecule has 1 aliphatic heterocycles. The van der Waals surface area contributed by atoms with Crippen LogP contribution in [0.4, 0.5) is 0 Å². The highest BCUT2D eigenvalue weighted by molar-refractivity contribution is 6.01. The Balaban J connectivity index is 1.35. The summed E-state index contributed by atoms with van der Waals surface area (Å²) in [4.78, 5) is 0. The zero-order valence-corrected chi connectivity index (χ0v) is 23.4. The van der Waals surface area contributed by atoms with Crippen molar-refractivity contribution in [1.29, 1.82) is 0 Å². The van der Waals surface area contributed by atoms with E-state index in [4.69, 9.17) is 9.47 Å². The molecule has 0 radical (unpaired) electrons. The predicted molar refractivity (Wildman–Crippen MR) is 157 cm³/mol. The number of aliphatic hydroxyl groups is 1. The number of benzene rings is 3. The number of hydrogen-bond acceptors (Lipinski definition) is 4. The van der Waals surface area contributed by atoms with E-state index in [9.17, 15) is 10.2 Å². The van der Waals surface area contributed by atoms with E-state index in [2.05, 4.69) is 87.1 Å². The molecule has 0 amide bonds. The molecule has 3 atom stereocenters. The molecule has 3 aromatic carbocycles. The van der Waals surface area contributed by atoms with Gasteiger partial charge in [-0.05, 0) is 78.1 Å². The number of phenolic OH excluding ortho intramolecular Hbond substituents is 1. The van der Waals surface area contributed by atoms with E-state index in [0.29, 0.717) is 12.2 Å². The summed E-state index contributed by atoms with van der Waals surface area (Å²) >= 11 is 0. The van der Waals surface area contributed by atoms with Crippen molar-refractivity contribution in [2.75, 3.05) is 7.11 Å². The van der Waals surface area contributed by atoms with Crippen LogP contribution in [0.5, 0.6) is 17.2 Å². The first-order valence-electron chi connectivity index (χ1n) is 13.7. The minimum Gasteiger partial charge on any atom is -0.504 e. The molecule has 202 valence electrons. The second kappa shape index (κ2) is 9.20. The molecular formula is C34H37NO4. The third-order valence-electron chi connectivity index (χ3n) is 9.18. The third-order valence-corrected chi connectivity index (χ3v) is 9.18. The number of phenols is 1. The Bertz CT molecular complexity index is 1580. The fourth-order valence-electron chi connectivity index (χ4n) is 6.89. The first kappa shape index (κ1) is 25.6. The molecule has 1 aromatic heterocycles. The SMILES string of the molecule is COc1cc(/C=C/c2cc(O)c3c(c2)CC2C(C)(C)[C@H](O)CC[C@@]2(C)O3)cc2c1c(-c1ccccc1)cn2C. The van der Waals surface area contributed by atoms with Crippen molar-refractivity contribution in [2.24, 2.45) is 18.4 Å². The molecule has 2 aliphatic rings. The van der Waals surface area contributed by atoms with Crippen molar-refractivity contribution in [1.82, 2.24) is 4.57 Å². The Hall–Kier alpha value is -3.70. The molecule has 6 rings (SSSR count). The van der Waals surface area contributed by atoms with E-state index in [-0.39, 0.29) is 23.2 Å². The Labute approximate surface area is 230 Å². The van der Waals surface area contributed by atoms with Crippen LogP contribution in [0.15, 0.2) is 60.8 Å². The van der Waals surface area contributed by atoms with Gasteiger partial charge in [-0.2, -0.15) is 0 Å². The number of aromatic hydroxyl groups is 1. The van der Waals surface area contributed by atoms with Crippen LogP contribution in [-0.2, 0) is 13.5 Å². The molecule has 1 aliphatic carbocycles. The highest BCUT2D eigenvalue weighted by Gasteiger charge is 2.54. The maximum absolute atomic E-state index is 11.0. The molecule has 2 N–H and O–H groups in total. The van der Waals surface area contributed by atoms with Crippen molar-refractivity contribution >= 4 is 23.1 Å². The van der Waals surface area contributed by atoms with Crippen LogP contribution in [-0.4, -0.2) is 33.6 Å². The van der Waals surface area contributed by atoms with Crippen LogP contribution in [0.25, 0.3) is 34.2 Å². The van der Waals surface area contributed by atoms with Crippen LogP contribution in [0.1, 0.15) is 50.3 Å². The van der Waals surface area contributed by atoms with Gasteiger partial charge in [-0.15, -0.1) is 0 Å². The van der Waals surface area contributed by atoms with E-state index in [1.807, 2.05) is 12.1 Å². The average Bonchev–Trinajstić information content (AvgIpc) is 3.26. The lowest BCUT2D eigenvalue weighted by atomic mass is 9.57. The molecule has 1 saturated carbocycles. The summed E-state index contributed by atoms with van der Waals surface area (Å²) in [6.07, 6.45) is 8.11. The summed E-state index contributed by atoms with van der Waals surface area (Å²) in [6.45, 7) is 6.39. The summed E-state index contributed by atoms with van der Waals surface area (Å²) in [6, 6.07) is 18.5. The van der Waals surface area contributed by atoms with Crippen LogP contribution < -0.4 is 9.47 Å². The van der Waals surface area contributed by atoms with E-state index >= 15 is 0 Å². The highest BCUT2D eigenvalue weighted by atomic mass is 16.5. The summed E-state index contributed by atoms with van der Waals surface area (Å²) in [7, 11) is 3.77. The van der Waals surface area contributed by atoms with Crippen molar-refractivity contribution < 1.29 is 19.7 Å². The van der Waals surface area contributed by atoms with Crippen molar-refractivity contribution in [3.05, 3.63) is 77.5 Å². The van der Waals surface area contributed by atoms with Gasteiger partial charge in [-0.25, -0.2) is 0 Å². The molecule has 0 spiro atoms. The van der Waals surface area contributed by atoms with Gasteiger partial charge in [-0.3, -0.25) is 0 Å². The number of methoxy groups -OCH3 is 1. The summed E-state index contributed by atoms with van der Waals surface area (Å²) in [5.74, 6) is 1.73. The fraction of sp³-hybridized carbons (Fsp3) is 0.353. The maximum atomic E-state index is 11.0. The van der Waals surface area contributed by atoms with Crippen molar-refractivity contribution in [3.63, 3.8) is 0 Å². The lowest BCUT2D eigenvalue weighted by Gasteiger charge is -2.55. The smallest absolute Gasteiger partial charge is 0.164 e. The zero-order valence-electron chi connectivity index (χ0n) is 23.4. The number of hydrogen-bond donors (Lipinski definition) is 2. The molecule has 1 unspecified atom stereocenters. The predicted octanol–water partition coefficient (Wildman–Crippen LogP) is 7.22. The molecule has 39 heavy (non-hydrogen) atoms. The quantitative estimate of drug-likeness (QED) is 0.277. The topological polar surface area (TPSA) is 63.9 Å². The number of ether oxygens (including phenoxy) is 2. The molecule has 1 fully saturated rings. The first-order chi connectivity index (χ1) is 18.6. The second-order valence-electron chi connectivity index (χ2n) is 12.0. The Morgan fingerprint density at radius 3 is 2.46 bits per heavy atom. The lowest BCUT2D eigenvalue weighted by molar-refractivity contribution is -0.138. The largest absolute Gasteiger partial charge is 0.504 e. The van der Waals surface area contributed by atoms with Gasteiger partial charge in [0.05, 0.1) is 18.7 Å². The molecule has 0 bridgehead atoms. The van der Waals surface area contributed by atoms with Crippen LogP contribution >= 0.6 is 0 Å². The van der Waals surface area contributed by atoms with E-state index < -0.39 is 5.60 Å². The average molecular weight is 524 g/mol. The summed E-state index contributed by atoms with van der Waals surface area (Å²) < 4.78 is 14.5. The van der Waals surface area contributed by atoms with Gasteiger partial charge >= 0.3 is 0 Å². The van der Waals surface area contributed by atoms with E-state index in [1.165, 1.54) is 0 Å². The number of aromatic nitrogens is 1. The standard InChI is InChI=1S/C34H37NO4/c1-33(2)29-19-24-15-21(17-27(36)32(24)39-34(29,3)14-13-30(33)37)11-12-22-16-26-31(28(18-22)38-5)25(20-35(26)4)23-9-7-6-8-10-23/h6-12,15-18,20,29-30,36-37H,13-14,19H2,1-5H3/b12-11+/t29?,30-,34-/m1/s1. The van der Waals surface area contributed by atoms with Gasteiger partial charge in [-0.1, -0.05) is 56.3 Å². The molecular weight excluding hydrogens is 486 g/mol. The number of aliphatic hydroxyl groups excluding tert-OH is 1. The molecule has 5 heteroatoms. The molecule has 4 aromatic rings. The Kier molecular flexibility index (Phi) is 6.03. The zero-order chi connectivity index (χ0) is 27.5. The number of aryl methyl sites for hydroxylation is 1. The molecule has 0 saturated heterocycles. The minimum absolute atomic E-state index is 0.155. The van der Waals surface area contributed by atoms with Gasteiger partial charge in [0.15, 0.2) is 11.5 Å². The summed E-state index contributed by atoms with van der Waals surface area (Å²) in [5.41, 5.74) is 5.62. The van der Waals surface area contributed by atoms with Crippen molar-refractivity contribution in [2.45, 2.75) is 51.7 Å². The van der Waals surface area contributed by atoms with E-state index in [1.54, 1.807) is 13.2 Å². The lowest BCUT2D eigenvalue weighted by Crippen LogP contribution is -2.58. The first-order valence-corrected chi connectivity index (χ1v) is 13.7. The highest BCUT2D eigenvalue weighted by Crippen LogP contribution is 2.54. The van der Waals surface area contributed by atoms with Crippen LogP contribution in [0, 0.1) is 11.3 Å².